The number of ketones is 1. The first kappa shape index (κ1) is 19.2. The maximum atomic E-state index is 12.8. The van der Waals surface area contributed by atoms with Crippen molar-refractivity contribution in [1.29, 1.82) is 0 Å². The van der Waals surface area contributed by atoms with Gasteiger partial charge in [0.05, 0.1) is 6.54 Å². The molecule has 3 N–H and O–H groups in total. The summed E-state index contributed by atoms with van der Waals surface area (Å²) in [5.41, 5.74) is 7.09. The molecule has 1 aromatic carbocycles. The predicted octanol–water partition coefficient (Wildman–Crippen LogP) is 1.21. The van der Waals surface area contributed by atoms with Gasteiger partial charge in [-0.3, -0.25) is 23.6 Å². The Morgan fingerprint density at radius 3 is 2.55 bits per heavy atom. The molecule has 1 saturated heterocycles. The van der Waals surface area contributed by atoms with Crippen molar-refractivity contribution in [2.75, 3.05) is 25.4 Å². The van der Waals surface area contributed by atoms with Gasteiger partial charge < -0.3 is 10.7 Å². The van der Waals surface area contributed by atoms with Gasteiger partial charge >= 0.3 is 5.69 Å². The van der Waals surface area contributed by atoms with Crippen molar-refractivity contribution in [3.8, 4) is 0 Å². The molecule has 1 aliphatic heterocycles. The van der Waals surface area contributed by atoms with Gasteiger partial charge in [0.25, 0.3) is 5.56 Å². The number of nitrogens with two attached hydrogens (primary N) is 1. The quantitative estimate of drug-likeness (QED) is 0.646. The lowest BCUT2D eigenvalue weighted by Gasteiger charge is -2.31. The molecule has 0 bridgehead atoms. The van der Waals surface area contributed by atoms with Gasteiger partial charge in [-0.1, -0.05) is 18.2 Å². The number of aromatic nitrogens is 3. The molecule has 1 fully saturated rings. The number of likely N-dealkylation sites (tertiary alicyclic amines) is 1. The molecule has 1 aliphatic rings. The number of hydrogen-bond acceptors (Lipinski definition) is 5. The van der Waals surface area contributed by atoms with E-state index in [4.69, 9.17) is 5.73 Å². The highest BCUT2D eigenvalue weighted by Gasteiger charge is 2.26. The SMILES string of the molecule is Cn1c(N)c(C(=O)CN2CCC(c3c[nH]c4ccccc34)CC2)c(=O)n(C)c1=O. The molecular formula is C21H25N5O3. The number of anilines is 1. The summed E-state index contributed by atoms with van der Waals surface area (Å²) in [4.78, 5) is 42.5. The maximum absolute atomic E-state index is 12.8. The predicted molar refractivity (Wildman–Crippen MR) is 112 cm³/mol. The van der Waals surface area contributed by atoms with Crippen molar-refractivity contribution in [2.24, 2.45) is 14.1 Å². The van der Waals surface area contributed by atoms with E-state index in [1.807, 2.05) is 12.1 Å². The summed E-state index contributed by atoms with van der Waals surface area (Å²) in [6, 6.07) is 8.28. The van der Waals surface area contributed by atoms with E-state index in [1.165, 1.54) is 25.0 Å². The average Bonchev–Trinajstić information content (AvgIpc) is 3.16. The van der Waals surface area contributed by atoms with Crippen LogP contribution in [0, 0.1) is 0 Å². The first-order chi connectivity index (χ1) is 13.9. The van der Waals surface area contributed by atoms with Gasteiger partial charge in [0.15, 0.2) is 5.78 Å². The van der Waals surface area contributed by atoms with Crippen LogP contribution in [0.15, 0.2) is 40.1 Å². The monoisotopic (exact) mass is 395 g/mol. The van der Waals surface area contributed by atoms with E-state index in [2.05, 4.69) is 28.2 Å². The number of H-pyrrole nitrogens is 1. The standard InChI is InChI=1S/C21H25N5O3/c1-24-19(22)18(20(28)25(2)21(24)29)17(27)12-26-9-7-13(8-10-26)15-11-23-16-6-4-3-5-14(15)16/h3-6,11,13,23H,7-10,12,22H2,1-2H3. The Labute approximate surface area is 167 Å². The zero-order valence-corrected chi connectivity index (χ0v) is 16.6. The van der Waals surface area contributed by atoms with Crippen molar-refractivity contribution < 1.29 is 4.79 Å². The third kappa shape index (κ3) is 3.29. The fourth-order valence-corrected chi connectivity index (χ4v) is 4.24. The largest absolute Gasteiger partial charge is 0.384 e. The molecule has 4 rings (SSSR count). The summed E-state index contributed by atoms with van der Waals surface area (Å²) in [6.07, 6.45) is 3.97. The summed E-state index contributed by atoms with van der Waals surface area (Å²) in [7, 11) is 2.81. The summed E-state index contributed by atoms with van der Waals surface area (Å²) in [6.45, 7) is 1.65. The molecule has 3 aromatic rings. The number of fused-ring (bicyclic) bond motifs is 1. The number of Topliss-reactive ketones (excluding diaryl/α,β-unsaturated/α-hetero) is 1. The molecule has 0 aliphatic carbocycles. The fraction of sp³-hybridized carbons (Fsp3) is 0.381. The van der Waals surface area contributed by atoms with Crippen molar-refractivity contribution in [1.82, 2.24) is 19.0 Å². The topological polar surface area (TPSA) is 106 Å². The third-order valence-corrected chi connectivity index (χ3v) is 6.00. The molecule has 0 atom stereocenters. The number of nitrogen functional groups attached to an aromatic ring is 1. The molecule has 2 aromatic heterocycles. The van der Waals surface area contributed by atoms with Crippen LogP contribution in [0.2, 0.25) is 0 Å². The first-order valence-corrected chi connectivity index (χ1v) is 9.75. The number of rotatable bonds is 4. The van der Waals surface area contributed by atoms with Crippen LogP contribution in [0.4, 0.5) is 5.82 Å². The van der Waals surface area contributed by atoms with Crippen LogP contribution in [0.3, 0.4) is 0 Å². The van der Waals surface area contributed by atoms with E-state index in [9.17, 15) is 14.4 Å². The lowest BCUT2D eigenvalue weighted by Crippen LogP contribution is -2.44. The van der Waals surface area contributed by atoms with Crippen LogP contribution in [0.5, 0.6) is 0 Å². The molecule has 0 saturated carbocycles. The number of para-hydroxylation sites is 1. The molecule has 0 amide bonds. The van der Waals surface area contributed by atoms with Crippen LogP contribution in [0.1, 0.15) is 34.7 Å². The zero-order chi connectivity index (χ0) is 20.7. The molecular weight excluding hydrogens is 370 g/mol. The van der Waals surface area contributed by atoms with Gasteiger partial charge in [0, 0.05) is 31.2 Å². The minimum Gasteiger partial charge on any atom is -0.384 e. The molecule has 8 nitrogen and oxygen atoms in total. The molecule has 3 heterocycles. The van der Waals surface area contributed by atoms with E-state index >= 15 is 0 Å². The minimum absolute atomic E-state index is 0.0724. The molecule has 8 heteroatoms. The summed E-state index contributed by atoms with van der Waals surface area (Å²) < 4.78 is 2.06. The van der Waals surface area contributed by atoms with Crippen molar-refractivity contribution in [2.45, 2.75) is 18.8 Å². The summed E-state index contributed by atoms with van der Waals surface area (Å²) >= 11 is 0. The van der Waals surface area contributed by atoms with Crippen LogP contribution in [-0.4, -0.2) is 44.4 Å². The number of benzene rings is 1. The van der Waals surface area contributed by atoms with Gasteiger partial charge in [0.2, 0.25) is 0 Å². The first-order valence-electron chi connectivity index (χ1n) is 9.75. The van der Waals surface area contributed by atoms with Gasteiger partial charge in [-0.25, -0.2) is 4.79 Å². The number of aromatic amines is 1. The summed E-state index contributed by atoms with van der Waals surface area (Å²) in [5, 5.41) is 1.25. The van der Waals surface area contributed by atoms with Gasteiger partial charge in [0.1, 0.15) is 11.4 Å². The number of piperidine rings is 1. The Kier molecular flexibility index (Phi) is 4.87. The highest BCUT2D eigenvalue weighted by molar-refractivity contribution is 6.01. The van der Waals surface area contributed by atoms with Crippen LogP contribution in [-0.2, 0) is 14.1 Å². The Hall–Kier alpha value is -3.13. The van der Waals surface area contributed by atoms with Crippen molar-refractivity contribution in [3.05, 3.63) is 62.4 Å². The average molecular weight is 395 g/mol. The number of nitrogens with zero attached hydrogens (tertiary/aromatic N) is 3. The Bertz CT molecular complexity index is 1200. The highest BCUT2D eigenvalue weighted by Crippen LogP contribution is 2.33. The number of nitrogens with one attached hydrogen (secondary N) is 1. The smallest absolute Gasteiger partial charge is 0.332 e. The van der Waals surface area contributed by atoms with Crippen molar-refractivity contribution in [3.63, 3.8) is 0 Å². The Balaban J connectivity index is 1.47. The summed E-state index contributed by atoms with van der Waals surface area (Å²) in [5.74, 6) is 0.0222. The molecule has 0 unspecified atom stereocenters. The van der Waals surface area contributed by atoms with Crippen molar-refractivity contribution >= 4 is 22.5 Å². The maximum Gasteiger partial charge on any atom is 0.332 e. The van der Waals surface area contributed by atoms with E-state index in [1.54, 1.807) is 0 Å². The fourth-order valence-electron chi connectivity index (χ4n) is 4.24. The van der Waals surface area contributed by atoms with Crippen LogP contribution >= 0.6 is 0 Å². The van der Waals surface area contributed by atoms with Gasteiger partial charge in [-0.2, -0.15) is 0 Å². The van der Waals surface area contributed by atoms with E-state index in [0.29, 0.717) is 5.92 Å². The number of carbonyl (C=O) groups excluding carboxylic acids is 1. The van der Waals surface area contributed by atoms with E-state index < -0.39 is 11.2 Å². The second-order valence-corrected chi connectivity index (χ2v) is 7.73. The molecule has 0 radical (unpaired) electrons. The van der Waals surface area contributed by atoms with Crippen LogP contribution in [0.25, 0.3) is 10.9 Å². The minimum atomic E-state index is -0.635. The highest BCUT2D eigenvalue weighted by atomic mass is 16.2. The number of carbonyl (C=O) groups is 1. The Morgan fingerprint density at radius 2 is 1.83 bits per heavy atom. The number of hydrogen-bond donors (Lipinski definition) is 2. The van der Waals surface area contributed by atoms with E-state index in [-0.39, 0.29) is 23.7 Å². The molecule has 0 spiro atoms. The normalized spacial score (nSPS) is 15.8. The second kappa shape index (κ2) is 7.36. The van der Waals surface area contributed by atoms with Gasteiger partial charge in [-0.15, -0.1) is 0 Å². The van der Waals surface area contributed by atoms with Gasteiger partial charge in [-0.05, 0) is 43.5 Å². The van der Waals surface area contributed by atoms with Crippen LogP contribution < -0.4 is 17.0 Å². The lowest BCUT2D eigenvalue weighted by molar-refractivity contribution is 0.0907. The third-order valence-electron chi connectivity index (χ3n) is 6.00. The second-order valence-electron chi connectivity index (χ2n) is 7.73. The molecule has 152 valence electrons. The van der Waals surface area contributed by atoms with E-state index in [0.717, 1.165) is 40.6 Å². The molecule has 29 heavy (non-hydrogen) atoms. The lowest BCUT2D eigenvalue weighted by atomic mass is 9.89. The zero-order valence-electron chi connectivity index (χ0n) is 16.6. The Morgan fingerprint density at radius 1 is 1.14 bits per heavy atom.